The highest BCUT2D eigenvalue weighted by Crippen LogP contribution is 2.27. The van der Waals surface area contributed by atoms with E-state index in [2.05, 4.69) is 20.3 Å². The van der Waals surface area contributed by atoms with E-state index < -0.39 is 0 Å². The molecular weight excluding hydrogens is 467 g/mol. The molecule has 0 atom stereocenters. The molecule has 1 saturated heterocycles. The maximum absolute atomic E-state index is 13.4. The lowest BCUT2D eigenvalue weighted by Gasteiger charge is -2.19. The molecule has 7 nitrogen and oxygen atoms in total. The number of rotatable bonds is 5. The lowest BCUT2D eigenvalue weighted by molar-refractivity contribution is 0.0755. The molecule has 10 heteroatoms. The van der Waals surface area contributed by atoms with Crippen molar-refractivity contribution in [2.45, 2.75) is 50.4 Å². The van der Waals surface area contributed by atoms with E-state index >= 15 is 0 Å². The third-order valence-corrected chi connectivity index (χ3v) is 6.55. The minimum atomic E-state index is -0.0942. The molecule has 32 heavy (non-hydrogen) atoms. The number of amides is 1. The molecule has 0 unspecified atom stereocenters. The van der Waals surface area contributed by atoms with Gasteiger partial charge in [-0.05, 0) is 51.0 Å². The molecule has 1 aliphatic rings. The highest BCUT2D eigenvalue weighted by atomic mass is 35.5. The first kappa shape index (κ1) is 23.0. The van der Waals surface area contributed by atoms with E-state index in [9.17, 15) is 4.79 Å². The summed E-state index contributed by atoms with van der Waals surface area (Å²) in [5, 5.41) is 10.2. The van der Waals surface area contributed by atoms with E-state index in [0.717, 1.165) is 50.2 Å². The summed E-state index contributed by atoms with van der Waals surface area (Å²) in [6.07, 6.45) is 4.29. The molecule has 0 spiro atoms. The Kier molecular flexibility index (Phi) is 7.33. The number of hydrogen-bond donors (Lipinski definition) is 0. The fourth-order valence-corrected chi connectivity index (χ4v) is 5.24. The van der Waals surface area contributed by atoms with Crippen molar-refractivity contribution in [1.82, 2.24) is 29.9 Å². The average molecular weight is 491 g/mol. The normalized spacial score (nSPS) is 14.4. The molecule has 168 valence electrons. The largest absolute Gasteiger partial charge is 0.337 e. The fourth-order valence-electron chi connectivity index (χ4n) is 3.78. The Balaban J connectivity index is 1.71. The second-order valence-corrected chi connectivity index (χ2v) is 9.67. The molecule has 0 aliphatic carbocycles. The van der Waals surface area contributed by atoms with Crippen molar-refractivity contribution in [2.24, 2.45) is 0 Å². The number of aryl methyl sites for hydroxylation is 2. The van der Waals surface area contributed by atoms with Gasteiger partial charge in [0.1, 0.15) is 0 Å². The Labute approximate surface area is 201 Å². The maximum Gasteiger partial charge on any atom is 0.276 e. The number of nitrogens with zero attached hydrogens (tertiary/aromatic N) is 6. The van der Waals surface area contributed by atoms with Crippen molar-refractivity contribution >= 4 is 40.9 Å². The van der Waals surface area contributed by atoms with Crippen molar-refractivity contribution in [3.8, 4) is 5.69 Å². The predicted molar refractivity (Wildman–Crippen MR) is 127 cm³/mol. The second kappa shape index (κ2) is 10.2. The van der Waals surface area contributed by atoms with Crippen molar-refractivity contribution < 1.29 is 4.79 Å². The van der Waals surface area contributed by atoms with Crippen LogP contribution in [-0.2, 0) is 5.75 Å². The van der Waals surface area contributed by atoms with E-state index in [1.807, 2.05) is 24.8 Å². The monoisotopic (exact) mass is 490 g/mol. The molecule has 3 aromatic rings. The number of benzene rings is 1. The van der Waals surface area contributed by atoms with E-state index in [0.29, 0.717) is 38.0 Å². The van der Waals surface area contributed by atoms with Crippen LogP contribution in [0.5, 0.6) is 0 Å². The summed E-state index contributed by atoms with van der Waals surface area (Å²) in [5.74, 6) is 0.331. The zero-order valence-corrected chi connectivity index (χ0v) is 20.3. The van der Waals surface area contributed by atoms with Crippen LogP contribution in [0.3, 0.4) is 0 Å². The number of hydrogen-bond acceptors (Lipinski definition) is 6. The molecule has 2 aromatic heterocycles. The summed E-state index contributed by atoms with van der Waals surface area (Å²) < 4.78 is 1.64. The summed E-state index contributed by atoms with van der Waals surface area (Å²) in [6.45, 7) is 5.35. The second-order valence-electron chi connectivity index (χ2n) is 7.85. The van der Waals surface area contributed by atoms with Gasteiger partial charge in [-0.3, -0.25) is 4.79 Å². The summed E-state index contributed by atoms with van der Waals surface area (Å²) in [5.41, 5.74) is 3.47. The van der Waals surface area contributed by atoms with Crippen LogP contribution in [0.4, 0.5) is 0 Å². The number of halogens is 2. The molecular formula is C22H24Cl2N6OS. The molecule has 1 fully saturated rings. The first-order valence-electron chi connectivity index (χ1n) is 10.6. The highest BCUT2D eigenvalue weighted by molar-refractivity contribution is 7.98. The van der Waals surface area contributed by atoms with E-state index in [1.54, 1.807) is 22.9 Å². The molecule has 0 radical (unpaired) electrons. The molecule has 1 aromatic carbocycles. The van der Waals surface area contributed by atoms with Gasteiger partial charge in [0.2, 0.25) is 0 Å². The fraction of sp³-hybridized carbons (Fsp3) is 0.409. The number of thioether (sulfide) groups is 1. The van der Waals surface area contributed by atoms with Gasteiger partial charge >= 0.3 is 0 Å². The summed E-state index contributed by atoms with van der Waals surface area (Å²) >= 11 is 13.9. The topological polar surface area (TPSA) is 76.8 Å². The van der Waals surface area contributed by atoms with Gasteiger partial charge < -0.3 is 4.90 Å². The van der Waals surface area contributed by atoms with Crippen LogP contribution in [-0.4, -0.2) is 48.9 Å². The number of likely N-dealkylation sites (tertiary alicyclic amines) is 1. The molecule has 1 amide bonds. The predicted octanol–water partition coefficient (Wildman–Crippen LogP) is 5.29. The van der Waals surface area contributed by atoms with Gasteiger partial charge in [0, 0.05) is 40.3 Å². The minimum absolute atomic E-state index is 0.0942. The molecule has 4 rings (SSSR count). The standard InChI is InChI=1S/C22H24Cl2N6OS/c1-14-9-15(2)26-22(25-14)32-13-19-20(21(31)29-7-5-3-4-6-8-29)27-28-30(19)18-11-16(23)10-17(24)12-18/h9-12H,3-8,13H2,1-2H3. The Morgan fingerprint density at radius 1 is 0.969 bits per heavy atom. The lowest BCUT2D eigenvalue weighted by Crippen LogP contribution is -2.32. The van der Waals surface area contributed by atoms with Crippen molar-refractivity contribution in [2.75, 3.05) is 13.1 Å². The van der Waals surface area contributed by atoms with Crippen LogP contribution in [0.15, 0.2) is 29.4 Å². The number of carbonyl (C=O) groups excluding carboxylic acids is 1. The molecule has 3 heterocycles. The third-order valence-electron chi connectivity index (χ3n) is 5.25. The Morgan fingerprint density at radius 2 is 1.59 bits per heavy atom. The third kappa shape index (κ3) is 5.42. The molecule has 0 saturated carbocycles. The van der Waals surface area contributed by atoms with E-state index in [4.69, 9.17) is 23.2 Å². The SMILES string of the molecule is Cc1cc(C)nc(SCc2c(C(=O)N3CCCCCC3)nnn2-c2cc(Cl)cc(Cl)c2)n1. The van der Waals surface area contributed by atoms with Gasteiger partial charge in [0.25, 0.3) is 5.91 Å². The smallest absolute Gasteiger partial charge is 0.276 e. The van der Waals surface area contributed by atoms with Crippen molar-refractivity contribution in [3.63, 3.8) is 0 Å². The number of aromatic nitrogens is 5. The number of carbonyl (C=O) groups is 1. The van der Waals surface area contributed by atoms with Crippen LogP contribution >= 0.6 is 35.0 Å². The van der Waals surface area contributed by atoms with E-state index in [1.165, 1.54) is 11.8 Å². The van der Waals surface area contributed by atoms with Crippen molar-refractivity contribution in [3.05, 3.63) is 57.1 Å². The Hall–Kier alpha value is -2.16. The summed E-state index contributed by atoms with van der Waals surface area (Å²) in [7, 11) is 0. The van der Waals surface area contributed by atoms with E-state index in [-0.39, 0.29) is 5.91 Å². The molecule has 0 N–H and O–H groups in total. The first-order valence-corrected chi connectivity index (χ1v) is 12.3. The highest BCUT2D eigenvalue weighted by Gasteiger charge is 2.26. The average Bonchev–Trinajstić information content (AvgIpc) is 2.95. The van der Waals surface area contributed by atoms with Gasteiger partial charge in [0.15, 0.2) is 10.9 Å². The van der Waals surface area contributed by atoms with Gasteiger partial charge in [0.05, 0.1) is 11.4 Å². The minimum Gasteiger partial charge on any atom is -0.337 e. The van der Waals surface area contributed by atoms with Crippen LogP contribution in [0.25, 0.3) is 5.69 Å². The zero-order chi connectivity index (χ0) is 22.7. The van der Waals surface area contributed by atoms with Crippen LogP contribution in [0.2, 0.25) is 10.0 Å². The Morgan fingerprint density at radius 3 is 2.22 bits per heavy atom. The van der Waals surface area contributed by atoms with Gasteiger partial charge in [-0.25, -0.2) is 14.6 Å². The van der Waals surface area contributed by atoms with Crippen LogP contribution in [0, 0.1) is 13.8 Å². The van der Waals surface area contributed by atoms with Gasteiger partial charge in [-0.15, -0.1) is 5.10 Å². The van der Waals surface area contributed by atoms with Crippen LogP contribution in [0.1, 0.15) is 53.3 Å². The quantitative estimate of drug-likeness (QED) is 0.357. The summed E-state index contributed by atoms with van der Waals surface area (Å²) in [4.78, 5) is 24.3. The molecule has 1 aliphatic heterocycles. The maximum atomic E-state index is 13.4. The van der Waals surface area contributed by atoms with Gasteiger partial charge in [-0.2, -0.15) is 0 Å². The first-order chi connectivity index (χ1) is 15.4. The Bertz CT molecular complexity index is 1090. The van der Waals surface area contributed by atoms with Gasteiger partial charge in [-0.1, -0.05) is 53.0 Å². The van der Waals surface area contributed by atoms with Crippen LogP contribution < -0.4 is 0 Å². The summed E-state index contributed by atoms with van der Waals surface area (Å²) in [6, 6.07) is 7.09. The van der Waals surface area contributed by atoms with Crippen molar-refractivity contribution in [1.29, 1.82) is 0 Å². The zero-order valence-electron chi connectivity index (χ0n) is 18.0. The lowest BCUT2D eigenvalue weighted by atomic mass is 10.2. The molecule has 0 bridgehead atoms.